The second kappa shape index (κ2) is 13.1. The van der Waals surface area contributed by atoms with Crippen LogP contribution in [0, 0.1) is 5.41 Å². The van der Waals surface area contributed by atoms with E-state index in [4.69, 9.17) is 0 Å². The van der Waals surface area contributed by atoms with Crippen molar-refractivity contribution in [2.24, 2.45) is 5.41 Å². The Morgan fingerprint density at radius 2 is 1.52 bits per heavy atom. The van der Waals surface area contributed by atoms with Crippen molar-refractivity contribution in [1.82, 2.24) is 5.32 Å². The molecule has 1 saturated carbocycles. The molecule has 31 heavy (non-hydrogen) atoms. The monoisotopic (exact) mass is 433 g/mol. The number of hydrogen-bond acceptors (Lipinski definition) is 4. The molecule has 6 nitrogen and oxygen atoms in total. The Bertz CT molecular complexity index is 724. The van der Waals surface area contributed by atoms with Crippen molar-refractivity contribution < 1.29 is 24.2 Å². The maximum Gasteiger partial charge on any atom is 0.326 e. The summed E-state index contributed by atoms with van der Waals surface area (Å²) in [5, 5.41) is 11.9. The summed E-state index contributed by atoms with van der Waals surface area (Å²) in [6, 6.07) is -0.991. The maximum absolute atomic E-state index is 12.4. The van der Waals surface area contributed by atoms with Crippen molar-refractivity contribution in [2.75, 3.05) is 7.11 Å². The summed E-state index contributed by atoms with van der Waals surface area (Å²) in [6.45, 7) is 8.50. The van der Waals surface area contributed by atoms with Crippen LogP contribution in [0.15, 0.2) is 34.9 Å². The van der Waals surface area contributed by atoms with Gasteiger partial charge in [-0.2, -0.15) is 0 Å². The highest BCUT2D eigenvalue weighted by molar-refractivity contribution is 6.06. The highest BCUT2D eigenvalue weighted by atomic mass is 16.5. The first-order chi connectivity index (χ1) is 14.6. The van der Waals surface area contributed by atoms with Gasteiger partial charge in [-0.25, -0.2) is 4.79 Å². The SMILES string of the molecule is COC(=O)C1(C(=O)NC(CCCC=C(C)CCC=C(C)CCC=C(C)C)C(=O)O)CC1. The normalized spacial score (nSPS) is 16.3. The molecular formula is C25H39NO5. The van der Waals surface area contributed by atoms with Gasteiger partial charge in [0.05, 0.1) is 7.11 Å². The zero-order valence-corrected chi connectivity index (χ0v) is 19.8. The summed E-state index contributed by atoms with van der Waals surface area (Å²) in [7, 11) is 1.24. The van der Waals surface area contributed by atoms with Crippen molar-refractivity contribution in [2.45, 2.75) is 91.5 Å². The molecule has 1 unspecified atom stereocenters. The highest BCUT2D eigenvalue weighted by Gasteiger charge is 2.58. The average molecular weight is 434 g/mol. The van der Waals surface area contributed by atoms with E-state index >= 15 is 0 Å². The lowest BCUT2D eigenvalue weighted by Crippen LogP contribution is -2.46. The first-order valence-electron chi connectivity index (χ1n) is 11.2. The number of aliphatic carboxylic acids is 1. The highest BCUT2D eigenvalue weighted by Crippen LogP contribution is 2.47. The summed E-state index contributed by atoms with van der Waals surface area (Å²) in [5.41, 5.74) is 2.86. The van der Waals surface area contributed by atoms with E-state index < -0.39 is 29.3 Å². The molecule has 0 saturated heterocycles. The van der Waals surface area contributed by atoms with Gasteiger partial charge in [0, 0.05) is 0 Å². The molecule has 0 radical (unpaired) electrons. The molecule has 1 amide bonds. The molecule has 0 heterocycles. The number of carboxylic acid groups (broad SMARTS) is 1. The topological polar surface area (TPSA) is 92.7 Å². The van der Waals surface area contributed by atoms with Crippen LogP contribution in [0.25, 0.3) is 0 Å². The van der Waals surface area contributed by atoms with Crippen LogP contribution in [0.5, 0.6) is 0 Å². The van der Waals surface area contributed by atoms with Crippen LogP contribution in [-0.4, -0.2) is 36.1 Å². The third-order valence-electron chi connectivity index (χ3n) is 5.68. The van der Waals surface area contributed by atoms with Crippen molar-refractivity contribution in [1.29, 1.82) is 0 Å². The summed E-state index contributed by atoms with van der Waals surface area (Å²) in [5.74, 6) is -2.21. The molecule has 6 heteroatoms. The van der Waals surface area contributed by atoms with Crippen LogP contribution in [0.1, 0.15) is 85.5 Å². The Kier molecular flexibility index (Phi) is 11.3. The Balaban J connectivity index is 2.38. The van der Waals surface area contributed by atoms with Crippen LogP contribution >= 0.6 is 0 Å². The van der Waals surface area contributed by atoms with E-state index in [1.807, 2.05) is 0 Å². The van der Waals surface area contributed by atoms with Crippen LogP contribution in [0.3, 0.4) is 0 Å². The standard InChI is InChI=1S/C25H39NO5/c1-18(2)10-8-12-20(4)14-9-13-19(3)11-6-7-15-21(22(27)28)26-23(29)25(16-17-25)24(30)31-5/h10-11,14,21H,6-9,12-13,15-17H2,1-5H3,(H,26,29)(H,27,28). The minimum Gasteiger partial charge on any atom is -0.480 e. The predicted octanol–water partition coefficient (Wildman–Crippen LogP) is 5.10. The van der Waals surface area contributed by atoms with Crippen molar-refractivity contribution >= 4 is 17.8 Å². The van der Waals surface area contributed by atoms with Gasteiger partial charge in [0.1, 0.15) is 11.5 Å². The second-order valence-corrected chi connectivity index (χ2v) is 8.83. The van der Waals surface area contributed by atoms with Gasteiger partial charge in [0.15, 0.2) is 0 Å². The lowest BCUT2D eigenvalue weighted by Gasteiger charge is -2.18. The fourth-order valence-corrected chi connectivity index (χ4v) is 3.41. The van der Waals surface area contributed by atoms with E-state index in [1.54, 1.807) is 0 Å². The number of carboxylic acids is 1. The molecule has 0 spiro atoms. The lowest BCUT2D eigenvalue weighted by molar-refractivity contribution is -0.154. The van der Waals surface area contributed by atoms with Crippen LogP contribution < -0.4 is 5.32 Å². The summed E-state index contributed by atoms with van der Waals surface area (Å²) < 4.78 is 4.68. The summed E-state index contributed by atoms with van der Waals surface area (Å²) in [6.07, 6.45) is 13.4. The first-order valence-corrected chi connectivity index (χ1v) is 11.2. The third kappa shape index (κ3) is 9.53. The molecule has 1 fully saturated rings. The molecule has 0 aliphatic heterocycles. The van der Waals surface area contributed by atoms with Gasteiger partial charge in [0.25, 0.3) is 0 Å². The van der Waals surface area contributed by atoms with Gasteiger partial charge in [-0.05, 0) is 85.5 Å². The zero-order valence-electron chi connectivity index (χ0n) is 19.8. The Morgan fingerprint density at radius 1 is 0.968 bits per heavy atom. The fraction of sp³-hybridized carbons (Fsp3) is 0.640. The lowest BCUT2D eigenvalue weighted by atomic mass is 10.0. The van der Waals surface area contributed by atoms with Gasteiger partial charge < -0.3 is 15.2 Å². The fourth-order valence-electron chi connectivity index (χ4n) is 3.41. The Hall–Kier alpha value is -2.37. The van der Waals surface area contributed by atoms with E-state index in [0.29, 0.717) is 25.7 Å². The average Bonchev–Trinajstić information content (AvgIpc) is 3.51. The number of hydrogen-bond donors (Lipinski definition) is 2. The Labute approximate surface area is 186 Å². The Morgan fingerprint density at radius 3 is 2.00 bits per heavy atom. The molecule has 1 atom stereocenters. The van der Waals surface area contributed by atoms with Crippen LogP contribution in [0.4, 0.5) is 0 Å². The smallest absolute Gasteiger partial charge is 0.326 e. The quantitative estimate of drug-likeness (QED) is 0.172. The van der Waals surface area contributed by atoms with E-state index in [-0.39, 0.29) is 0 Å². The molecule has 0 bridgehead atoms. The number of unbranched alkanes of at least 4 members (excludes halogenated alkanes) is 1. The molecular weight excluding hydrogens is 394 g/mol. The van der Waals surface area contributed by atoms with Crippen LogP contribution in [0.2, 0.25) is 0 Å². The van der Waals surface area contributed by atoms with E-state index in [2.05, 4.69) is 56.0 Å². The number of rotatable bonds is 14. The number of amides is 1. The maximum atomic E-state index is 12.4. The molecule has 1 aliphatic rings. The largest absolute Gasteiger partial charge is 0.480 e. The molecule has 2 N–H and O–H groups in total. The van der Waals surface area contributed by atoms with Gasteiger partial charge >= 0.3 is 11.9 Å². The number of allylic oxidation sites excluding steroid dienone is 6. The van der Waals surface area contributed by atoms with Crippen molar-refractivity contribution in [3.63, 3.8) is 0 Å². The number of esters is 1. The predicted molar refractivity (Wildman–Crippen MR) is 123 cm³/mol. The molecule has 1 rings (SSSR count). The minimum atomic E-state index is -1.18. The first kappa shape index (κ1) is 26.7. The van der Waals surface area contributed by atoms with Gasteiger partial charge in [-0.1, -0.05) is 34.9 Å². The minimum absolute atomic E-state index is 0.325. The number of carbonyl (C=O) groups is 3. The van der Waals surface area contributed by atoms with E-state index in [1.165, 1.54) is 23.8 Å². The molecule has 0 aromatic rings. The van der Waals surface area contributed by atoms with Gasteiger partial charge in [-0.3, -0.25) is 9.59 Å². The van der Waals surface area contributed by atoms with E-state index in [0.717, 1.165) is 32.1 Å². The number of carbonyl (C=O) groups excluding carboxylic acids is 2. The van der Waals surface area contributed by atoms with Gasteiger partial charge in [-0.15, -0.1) is 0 Å². The summed E-state index contributed by atoms with van der Waals surface area (Å²) in [4.78, 5) is 35.7. The van der Waals surface area contributed by atoms with Crippen molar-refractivity contribution in [3.8, 4) is 0 Å². The molecule has 1 aliphatic carbocycles. The summed E-state index contributed by atoms with van der Waals surface area (Å²) >= 11 is 0. The number of methoxy groups -OCH3 is 1. The third-order valence-corrected chi connectivity index (χ3v) is 5.68. The molecule has 174 valence electrons. The molecule has 0 aromatic heterocycles. The second-order valence-electron chi connectivity index (χ2n) is 8.83. The van der Waals surface area contributed by atoms with E-state index in [9.17, 15) is 19.5 Å². The molecule has 0 aromatic carbocycles. The number of ether oxygens (including phenoxy) is 1. The van der Waals surface area contributed by atoms with Crippen LogP contribution in [-0.2, 0) is 19.1 Å². The van der Waals surface area contributed by atoms with Crippen molar-refractivity contribution in [3.05, 3.63) is 34.9 Å². The van der Waals surface area contributed by atoms with Gasteiger partial charge in [0.2, 0.25) is 5.91 Å². The number of nitrogens with one attached hydrogen (secondary N) is 1. The zero-order chi connectivity index (χ0) is 23.4.